The molecular weight excluding hydrogens is 565 g/mol. The lowest BCUT2D eigenvalue weighted by Gasteiger charge is -2.30. The van der Waals surface area contributed by atoms with E-state index in [2.05, 4.69) is 146 Å². The molecule has 0 fully saturated rings. The Morgan fingerprint density at radius 3 is 1.78 bits per heavy atom. The zero-order valence-corrected chi connectivity index (χ0v) is 25.0. The van der Waals surface area contributed by atoms with E-state index in [0.717, 1.165) is 11.2 Å². The summed E-state index contributed by atoms with van der Waals surface area (Å²) in [6.45, 7) is 0. The second kappa shape index (κ2) is 8.38. The van der Waals surface area contributed by atoms with E-state index in [1.807, 2.05) is 11.3 Å². The summed E-state index contributed by atoms with van der Waals surface area (Å²) in [5.74, 6) is 0. The molecule has 0 amide bonds. The molecule has 0 aliphatic heterocycles. The SMILES string of the molecule is c1ccc2c(c1)-c1ccccc1C21c2ccccc2-c2cc3c(cc21)oc1cccc(-c2ccc4c(c2)sc2ccccc24)c13. The van der Waals surface area contributed by atoms with Crippen molar-refractivity contribution in [3.63, 3.8) is 0 Å². The molecule has 11 rings (SSSR count). The van der Waals surface area contributed by atoms with Crippen molar-refractivity contribution in [2.45, 2.75) is 5.41 Å². The van der Waals surface area contributed by atoms with Crippen LogP contribution in [-0.2, 0) is 5.41 Å². The molecule has 9 aromatic rings. The molecule has 2 aliphatic carbocycles. The topological polar surface area (TPSA) is 13.1 Å². The van der Waals surface area contributed by atoms with Gasteiger partial charge >= 0.3 is 0 Å². The lowest BCUT2D eigenvalue weighted by molar-refractivity contribution is 0.666. The van der Waals surface area contributed by atoms with E-state index in [1.165, 1.54) is 86.6 Å². The number of furan rings is 1. The standard InChI is InChI=1S/C43H24OS/c1-5-15-34-27(10-1)28-11-2-6-16-35(28)43(34)36-17-7-3-12-29(36)32-23-33-39(24-37(32)43)44-38-18-9-14-26(42(33)38)25-20-21-31-30-13-4-8-19-40(30)45-41(31)22-25/h1-24H. The van der Waals surface area contributed by atoms with Crippen molar-refractivity contribution in [1.82, 2.24) is 0 Å². The molecule has 0 atom stereocenters. The van der Waals surface area contributed by atoms with E-state index < -0.39 is 0 Å². The summed E-state index contributed by atoms with van der Waals surface area (Å²) in [4.78, 5) is 0. The maximum Gasteiger partial charge on any atom is 0.136 e. The fraction of sp³-hybridized carbons (Fsp3) is 0.0233. The molecule has 0 saturated heterocycles. The van der Waals surface area contributed by atoms with E-state index in [9.17, 15) is 0 Å². The molecule has 0 radical (unpaired) electrons. The van der Waals surface area contributed by atoms with Crippen LogP contribution in [0.5, 0.6) is 0 Å². The Hall–Kier alpha value is -5.44. The Morgan fingerprint density at radius 2 is 1.02 bits per heavy atom. The second-order valence-electron chi connectivity index (χ2n) is 12.4. The first kappa shape index (κ1) is 23.9. The molecule has 208 valence electrons. The lowest BCUT2D eigenvalue weighted by Crippen LogP contribution is -2.25. The summed E-state index contributed by atoms with van der Waals surface area (Å²) in [5, 5.41) is 5.00. The van der Waals surface area contributed by atoms with Crippen LogP contribution in [0.15, 0.2) is 150 Å². The minimum absolute atomic E-state index is 0.374. The van der Waals surface area contributed by atoms with Gasteiger partial charge in [-0.15, -0.1) is 11.3 Å². The van der Waals surface area contributed by atoms with Gasteiger partial charge in [-0.1, -0.05) is 115 Å². The third-order valence-electron chi connectivity index (χ3n) is 10.3. The van der Waals surface area contributed by atoms with Gasteiger partial charge in [0, 0.05) is 30.9 Å². The second-order valence-corrected chi connectivity index (χ2v) is 13.5. The van der Waals surface area contributed by atoms with Gasteiger partial charge in [0.25, 0.3) is 0 Å². The molecule has 2 aromatic heterocycles. The first-order chi connectivity index (χ1) is 22.3. The largest absolute Gasteiger partial charge is 0.456 e. The average molecular weight is 589 g/mol. The van der Waals surface area contributed by atoms with E-state index >= 15 is 0 Å². The quantitative estimate of drug-likeness (QED) is 0.186. The highest BCUT2D eigenvalue weighted by Gasteiger charge is 2.51. The number of fused-ring (bicyclic) bond motifs is 16. The number of hydrogen-bond donors (Lipinski definition) is 0. The highest BCUT2D eigenvalue weighted by molar-refractivity contribution is 7.25. The Kier molecular flexibility index (Phi) is 4.46. The van der Waals surface area contributed by atoms with Gasteiger partial charge in [-0.05, 0) is 86.0 Å². The van der Waals surface area contributed by atoms with Crippen molar-refractivity contribution in [2.75, 3.05) is 0 Å². The molecule has 7 aromatic carbocycles. The molecule has 1 spiro atoms. The maximum absolute atomic E-state index is 6.76. The normalized spacial score (nSPS) is 14.0. The third-order valence-corrected chi connectivity index (χ3v) is 11.4. The average Bonchev–Trinajstić information content (AvgIpc) is 3.81. The van der Waals surface area contributed by atoms with E-state index in [0.29, 0.717) is 0 Å². The van der Waals surface area contributed by atoms with Crippen LogP contribution in [0.4, 0.5) is 0 Å². The molecule has 1 nitrogen and oxygen atoms in total. The van der Waals surface area contributed by atoms with E-state index in [-0.39, 0.29) is 5.41 Å². The number of rotatable bonds is 1. The fourth-order valence-corrected chi connectivity index (χ4v) is 9.69. The summed E-state index contributed by atoms with van der Waals surface area (Å²) in [7, 11) is 0. The van der Waals surface area contributed by atoms with Gasteiger partial charge in [0.2, 0.25) is 0 Å². The van der Waals surface area contributed by atoms with Crippen LogP contribution in [0, 0.1) is 0 Å². The van der Waals surface area contributed by atoms with Crippen LogP contribution < -0.4 is 0 Å². The Morgan fingerprint density at radius 1 is 0.400 bits per heavy atom. The summed E-state index contributed by atoms with van der Waals surface area (Å²) in [6.07, 6.45) is 0. The van der Waals surface area contributed by atoms with Crippen LogP contribution in [0.3, 0.4) is 0 Å². The van der Waals surface area contributed by atoms with Crippen molar-refractivity contribution in [2.24, 2.45) is 0 Å². The number of benzene rings is 7. The molecule has 0 saturated carbocycles. The molecule has 0 bridgehead atoms. The fourth-order valence-electron chi connectivity index (χ4n) is 8.54. The van der Waals surface area contributed by atoms with Crippen LogP contribution in [0.1, 0.15) is 22.3 Å². The third kappa shape index (κ3) is 2.89. The molecule has 0 N–H and O–H groups in total. The summed E-state index contributed by atoms with van der Waals surface area (Å²) < 4.78 is 9.40. The monoisotopic (exact) mass is 588 g/mol. The van der Waals surface area contributed by atoms with E-state index in [1.54, 1.807) is 0 Å². The van der Waals surface area contributed by atoms with Gasteiger partial charge in [-0.25, -0.2) is 0 Å². The van der Waals surface area contributed by atoms with Crippen molar-refractivity contribution in [3.8, 4) is 33.4 Å². The maximum atomic E-state index is 6.76. The molecule has 2 heteroatoms. The van der Waals surface area contributed by atoms with Crippen molar-refractivity contribution >= 4 is 53.4 Å². The molecular formula is C43H24OS. The van der Waals surface area contributed by atoms with E-state index in [4.69, 9.17) is 4.42 Å². The van der Waals surface area contributed by atoms with Gasteiger partial charge in [0.05, 0.1) is 5.41 Å². The highest BCUT2D eigenvalue weighted by atomic mass is 32.1. The van der Waals surface area contributed by atoms with Gasteiger partial charge < -0.3 is 4.42 Å². The molecule has 0 unspecified atom stereocenters. The lowest BCUT2D eigenvalue weighted by atomic mass is 9.70. The van der Waals surface area contributed by atoms with Gasteiger partial charge in [-0.2, -0.15) is 0 Å². The minimum atomic E-state index is -0.374. The molecule has 45 heavy (non-hydrogen) atoms. The summed E-state index contributed by atoms with van der Waals surface area (Å²) >= 11 is 1.87. The van der Waals surface area contributed by atoms with Crippen molar-refractivity contribution < 1.29 is 4.42 Å². The van der Waals surface area contributed by atoms with Crippen molar-refractivity contribution in [1.29, 1.82) is 0 Å². The van der Waals surface area contributed by atoms with Crippen LogP contribution >= 0.6 is 11.3 Å². The zero-order chi connectivity index (χ0) is 29.3. The van der Waals surface area contributed by atoms with Gasteiger partial charge in [-0.3, -0.25) is 0 Å². The smallest absolute Gasteiger partial charge is 0.136 e. The first-order valence-electron chi connectivity index (χ1n) is 15.5. The van der Waals surface area contributed by atoms with Crippen molar-refractivity contribution in [3.05, 3.63) is 168 Å². The Bertz CT molecular complexity index is 2670. The number of thiophene rings is 1. The highest BCUT2D eigenvalue weighted by Crippen LogP contribution is 2.63. The summed E-state index contributed by atoms with van der Waals surface area (Å²) in [6, 6.07) is 53.8. The molecule has 2 aliphatic rings. The minimum Gasteiger partial charge on any atom is -0.456 e. The zero-order valence-electron chi connectivity index (χ0n) is 24.2. The molecule has 2 heterocycles. The van der Waals surface area contributed by atoms with Crippen LogP contribution in [-0.4, -0.2) is 0 Å². The summed E-state index contributed by atoms with van der Waals surface area (Å²) in [5.41, 5.74) is 14.5. The predicted molar refractivity (Wildman–Crippen MR) is 188 cm³/mol. The Balaban J connectivity index is 1.22. The predicted octanol–water partition coefficient (Wildman–Crippen LogP) is 12.0. The van der Waals surface area contributed by atoms with Crippen LogP contribution in [0.2, 0.25) is 0 Å². The van der Waals surface area contributed by atoms with Crippen LogP contribution in [0.25, 0.3) is 75.5 Å². The first-order valence-corrected chi connectivity index (χ1v) is 16.3. The van der Waals surface area contributed by atoms with Gasteiger partial charge in [0.1, 0.15) is 11.2 Å². The Labute approximate surface area is 263 Å². The van der Waals surface area contributed by atoms with Gasteiger partial charge in [0.15, 0.2) is 0 Å². The number of hydrogen-bond acceptors (Lipinski definition) is 2.